The van der Waals surface area contributed by atoms with Crippen LogP contribution in [0.3, 0.4) is 0 Å². The molecule has 2 aromatic rings. The maximum Gasteiger partial charge on any atom is 0.282 e. The third kappa shape index (κ3) is 4.19. The lowest BCUT2D eigenvalue weighted by molar-refractivity contribution is 0.0705. The van der Waals surface area contributed by atoms with Crippen LogP contribution in [0, 0.1) is 5.82 Å². The third-order valence-electron chi connectivity index (χ3n) is 5.03. The standard InChI is InChI=1S/C18H23FN4O4S/c19-15-2-1-3-17(10-15)27-13-16-11-18(21-20-16)14-4-5-23(12-14)28(24,25)22-6-8-26-9-7-22/h1-3,10-11,14H,4-9,12-13H2,(H,20,21)/t14-/m1/s1. The van der Waals surface area contributed by atoms with Crippen LogP contribution in [0.1, 0.15) is 23.7 Å². The number of nitrogens with zero attached hydrogens (tertiary/aromatic N) is 3. The van der Waals surface area contributed by atoms with Gasteiger partial charge in [-0.3, -0.25) is 5.10 Å². The van der Waals surface area contributed by atoms with Crippen molar-refractivity contribution in [2.45, 2.75) is 18.9 Å². The van der Waals surface area contributed by atoms with Crippen molar-refractivity contribution in [1.82, 2.24) is 18.8 Å². The number of aromatic nitrogens is 2. The van der Waals surface area contributed by atoms with E-state index in [1.807, 2.05) is 6.07 Å². The molecule has 0 radical (unpaired) electrons. The second-order valence-electron chi connectivity index (χ2n) is 6.93. The van der Waals surface area contributed by atoms with Crippen LogP contribution in [-0.4, -0.2) is 66.6 Å². The SMILES string of the molecule is O=S(=O)(N1CCOCC1)N1CC[C@@H](c2cc(COc3cccc(F)c3)[nH]n2)C1. The number of nitrogens with one attached hydrogen (secondary N) is 1. The highest BCUT2D eigenvalue weighted by Crippen LogP contribution is 2.29. The molecule has 0 saturated carbocycles. The molecule has 2 aliphatic rings. The zero-order chi connectivity index (χ0) is 19.6. The Morgan fingerprint density at radius 1 is 1.21 bits per heavy atom. The highest BCUT2D eigenvalue weighted by atomic mass is 32.2. The number of aromatic amines is 1. The van der Waals surface area contributed by atoms with Gasteiger partial charge in [-0.05, 0) is 24.6 Å². The second-order valence-corrected chi connectivity index (χ2v) is 8.86. The van der Waals surface area contributed by atoms with E-state index in [1.54, 1.807) is 12.1 Å². The Morgan fingerprint density at radius 3 is 2.82 bits per heavy atom. The van der Waals surface area contributed by atoms with Gasteiger partial charge in [0.25, 0.3) is 10.2 Å². The quantitative estimate of drug-likeness (QED) is 0.780. The van der Waals surface area contributed by atoms with Gasteiger partial charge in [0.05, 0.1) is 24.6 Å². The maximum absolute atomic E-state index is 13.2. The Bertz CT molecular complexity index is 914. The van der Waals surface area contributed by atoms with Gasteiger partial charge in [0.1, 0.15) is 18.2 Å². The largest absolute Gasteiger partial charge is 0.487 e. The van der Waals surface area contributed by atoms with Gasteiger partial charge in [-0.1, -0.05) is 6.07 Å². The highest BCUT2D eigenvalue weighted by molar-refractivity contribution is 7.86. The van der Waals surface area contributed by atoms with Crippen molar-refractivity contribution in [3.8, 4) is 5.75 Å². The third-order valence-corrected chi connectivity index (χ3v) is 7.03. The minimum Gasteiger partial charge on any atom is -0.487 e. The fraction of sp³-hybridized carbons (Fsp3) is 0.500. The van der Waals surface area contributed by atoms with Gasteiger partial charge in [-0.2, -0.15) is 22.1 Å². The van der Waals surface area contributed by atoms with Crippen molar-refractivity contribution in [3.63, 3.8) is 0 Å². The lowest BCUT2D eigenvalue weighted by Crippen LogP contribution is -2.47. The maximum atomic E-state index is 13.2. The van der Waals surface area contributed by atoms with Crippen molar-refractivity contribution < 1.29 is 22.3 Å². The van der Waals surface area contributed by atoms with Gasteiger partial charge in [-0.15, -0.1) is 0 Å². The summed E-state index contributed by atoms with van der Waals surface area (Å²) in [6.45, 7) is 2.79. The van der Waals surface area contributed by atoms with Gasteiger partial charge < -0.3 is 9.47 Å². The van der Waals surface area contributed by atoms with Crippen LogP contribution in [0.2, 0.25) is 0 Å². The summed E-state index contributed by atoms with van der Waals surface area (Å²) >= 11 is 0. The Balaban J connectivity index is 1.35. The van der Waals surface area contributed by atoms with Crippen LogP contribution in [0.5, 0.6) is 5.75 Å². The zero-order valence-electron chi connectivity index (χ0n) is 15.4. The number of hydrogen-bond donors (Lipinski definition) is 1. The Hall–Kier alpha value is -2.01. The molecule has 8 nitrogen and oxygen atoms in total. The molecule has 2 fully saturated rings. The van der Waals surface area contributed by atoms with Crippen molar-refractivity contribution >= 4 is 10.2 Å². The van der Waals surface area contributed by atoms with Crippen molar-refractivity contribution in [2.24, 2.45) is 0 Å². The first-order chi connectivity index (χ1) is 13.5. The van der Waals surface area contributed by atoms with Crippen molar-refractivity contribution in [1.29, 1.82) is 0 Å². The van der Waals surface area contributed by atoms with Crippen molar-refractivity contribution in [3.05, 3.63) is 47.5 Å². The van der Waals surface area contributed by atoms with Gasteiger partial charge in [0.15, 0.2) is 0 Å². The number of benzene rings is 1. The summed E-state index contributed by atoms with van der Waals surface area (Å²) in [6, 6.07) is 7.84. The van der Waals surface area contributed by atoms with Gasteiger partial charge >= 0.3 is 0 Å². The van der Waals surface area contributed by atoms with Crippen LogP contribution in [-0.2, 0) is 21.6 Å². The molecule has 4 rings (SSSR count). The predicted octanol–water partition coefficient (Wildman–Crippen LogP) is 1.49. The molecular formula is C18H23FN4O4S. The first-order valence-corrected chi connectivity index (χ1v) is 10.7. The van der Waals surface area contributed by atoms with E-state index in [1.165, 1.54) is 20.7 Å². The summed E-state index contributed by atoms with van der Waals surface area (Å²) < 4.78 is 52.6. The average molecular weight is 410 g/mol. The highest BCUT2D eigenvalue weighted by Gasteiger charge is 2.37. The smallest absolute Gasteiger partial charge is 0.282 e. The fourth-order valence-corrected chi connectivity index (χ4v) is 5.14. The van der Waals surface area contributed by atoms with Crippen molar-refractivity contribution in [2.75, 3.05) is 39.4 Å². The minimum atomic E-state index is -3.46. The summed E-state index contributed by atoms with van der Waals surface area (Å²) in [5.41, 5.74) is 1.58. The molecule has 1 aromatic carbocycles. The topological polar surface area (TPSA) is 87.8 Å². The first-order valence-electron chi connectivity index (χ1n) is 9.28. The summed E-state index contributed by atoms with van der Waals surface area (Å²) in [7, 11) is -3.46. The molecule has 2 aliphatic heterocycles. The lowest BCUT2D eigenvalue weighted by atomic mass is 10.1. The second kappa shape index (κ2) is 8.16. The molecule has 0 amide bonds. The number of halogens is 1. The molecule has 3 heterocycles. The molecule has 10 heteroatoms. The van der Waals surface area contributed by atoms with Crippen LogP contribution in [0.15, 0.2) is 30.3 Å². The normalized spacial score (nSPS) is 21.8. The molecule has 1 aromatic heterocycles. The average Bonchev–Trinajstić information content (AvgIpc) is 3.37. The van der Waals surface area contributed by atoms with E-state index in [-0.39, 0.29) is 18.3 Å². The van der Waals surface area contributed by atoms with E-state index >= 15 is 0 Å². The number of hydrogen-bond acceptors (Lipinski definition) is 5. The zero-order valence-corrected chi connectivity index (χ0v) is 16.2. The van der Waals surface area contributed by atoms with E-state index in [0.717, 1.165) is 17.8 Å². The van der Waals surface area contributed by atoms with Crippen LogP contribution in [0.4, 0.5) is 4.39 Å². The van der Waals surface area contributed by atoms with E-state index in [4.69, 9.17) is 9.47 Å². The molecule has 28 heavy (non-hydrogen) atoms. The molecule has 2 saturated heterocycles. The van der Waals surface area contributed by atoms with E-state index in [9.17, 15) is 12.8 Å². The van der Waals surface area contributed by atoms with Crippen LogP contribution >= 0.6 is 0 Å². The van der Waals surface area contributed by atoms with Gasteiger partial charge in [0.2, 0.25) is 0 Å². The number of morpholine rings is 1. The first kappa shape index (κ1) is 19.3. The Morgan fingerprint density at radius 2 is 2.04 bits per heavy atom. The molecule has 0 spiro atoms. The lowest BCUT2D eigenvalue weighted by Gasteiger charge is -2.30. The monoisotopic (exact) mass is 410 g/mol. The number of ether oxygens (including phenoxy) is 2. The number of H-pyrrole nitrogens is 1. The molecular weight excluding hydrogens is 387 g/mol. The summed E-state index contributed by atoms with van der Waals surface area (Å²) in [6.07, 6.45) is 0.721. The Labute approximate surface area is 163 Å². The van der Waals surface area contributed by atoms with Gasteiger partial charge in [0, 0.05) is 38.2 Å². The molecule has 0 aliphatic carbocycles. The summed E-state index contributed by atoms with van der Waals surface area (Å²) in [5.74, 6) is 0.130. The molecule has 152 valence electrons. The van der Waals surface area contributed by atoms with E-state index < -0.39 is 10.2 Å². The summed E-state index contributed by atoms with van der Waals surface area (Å²) in [4.78, 5) is 0. The van der Waals surface area contributed by atoms with E-state index in [2.05, 4.69) is 10.2 Å². The van der Waals surface area contributed by atoms with Crippen LogP contribution in [0.25, 0.3) is 0 Å². The summed E-state index contributed by atoms with van der Waals surface area (Å²) in [5, 5.41) is 7.24. The predicted molar refractivity (Wildman–Crippen MR) is 99.6 cm³/mol. The number of rotatable bonds is 6. The van der Waals surface area contributed by atoms with E-state index in [0.29, 0.717) is 45.1 Å². The Kier molecular flexibility index (Phi) is 5.63. The van der Waals surface area contributed by atoms with Gasteiger partial charge in [-0.25, -0.2) is 4.39 Å². The molecule has 0 unspecified atom stereocenters. The fourth-order valence-electron chi connectivity index (χ4n) is 3.50. The van der Waals surface area contributed by atoms with Crippen LogP contribution < -0.4 is 4.74 Å². The minimum absolute atomic E-state index is 0.0370. The molecule has 0 bridgehead atoms. The molecule has 1 atom stereocenters. The molecule has 1 N–H and O–H groups in total.